The van der Waals surface area contributed by atoms with Crippen LogP contribution in [0.1, 0.15) is 10.4 Å². The molecule has 6 heteroatoms. The Morgan fingerprint density at radius 2 is 1.63 bits per heavy atom. The molecule has 0 heterocycles. The Labute approximate surface area is 116 Å². The molecular weight excluding hydrogens is 318 g/mol. The van der Waals surface area contributed by atoms with Gasteiger partial charge in [-0.2, -0.15) is 0 Å². The van der Waals surface area contributed by atoms with Crippen LogP contribution in [0, 0.1) is 11.6 Å². The second-order valence-corrected chi connectivity index (χ2v) is 4.74. The SMILES string of the molecule is Nc1ccc(C(=O)Nc2c(F)cc(Br)cc2F)cc1. The fourth-order valence-corrected chi connectivity index (χ4v) is 1.88. The molecule has 0 unspecified atom stereocenters. The minimum Gasteiger partial charge on any atom is -0.399 e. The molecule has 0 fully saturated rings. The fourth-order valence-electron chi connectivity index (χ4n) is 1.48. The zero-order valence-corrected chi connectivity index (χ0v) is 11.2. The highest BCUT2D eigenvalue weighted by Crippen LogP contribution is 2.24. The molecule has 0 atom stereocenters. The van der Waals surface area contributed by atoms with Crippen molar-refractivity contribution in [2.75, 3.05) is 11.1 Å². The summed E-state index contributed by atoms with van der Waals surface area (Å²) in [5, 5.41) is 2.19. The van der Waals surface area contributed by atoms with E-state index in [1.54, 1.807) is 0 Å². The van der Waals surface area contributed by atoms with Gasteiger partial charge in [0.1, 0.15) is 5.69 Å². The number of benzene rings is 2. The molecule has 1 amide bonds. The second kappa shape index (κ2) is 5.36. The van der Waals surface area contributed by atoms with E-state index >= 15 is 0 Å². The molecular formula is C13H9BrF2N2O. The second-order valence-electron chi connectivity index (χ2n) is 3.82. The Morgan fingerprint density at radius 1 is 1.11 bits per heavy atom. The van der Waals surface area contributed by atoms with Gasteiger partial charge in [0.05, 0.1) is 0 Å². The number of nitrogen functional groups attached to an aromatic ring is 1. The molecule has 3 nitrogen and oxygen atoms in total. The molecule has 2 aromatic rings. The average molecular weight is 327 g/mol. The highest BCUT2D eigenvalue weighted by Gasteiger charge is 2.14. The lowest BCUT2D eigenvalue weighted by atomic mass is 10.2. The first kappa shape index (κ1) is 13.5. The van der Waals surface area contributed by atoms with Gasteiger partial charge in [-0.1, -0.05) is 15.9 Å². The third-order valence-corrected chi connectivity index (χ3v) is 2.88. The van der Waals surface area contributed by atoms with Gasteiger partial charge in [0, 0.05) is 15.7 Å². The molecule has 0 aliphatic rings. The van der Waals surface area contributed by atoms with Crippen molar-refractivity contribution >= 4 is 33.2 Å². The van der Waals surface area contributed by atoms with E-state index in [9.17, 15) is 13.6 Å². The first-order chi connectivity index (χ1) is 8.97. The number of amides is 1. The average Bonchev–Trinajstić information content (AvgIpc) is 2.34. The van der Waals surface area contributed by atoms with E-state index in [2.05, 4.69) is 21.2 Å². The summed E-state index contributed by atoms with van der Waals surface area (Å²) in [6.45, 7) is 0. The van der Waals surface area contributed by atoms with E-state index < -0.39 is 23.2 Å². The van der Waals surface area contributed by atoms with Crippen molar-refractivity contribution < 1.29 is 13.6 Å². The van der Waals surface area contributed by atoms with Crippen molar-refractivity contribution in [2.45, 2.75) is 0 Å². The number of hydrogen-bond acceptors (Lipinski definition) is 2. The van der Waals surface area contributed by atoms with E-state index in [1.807, 2.05) is 0 Å². The Bertz CT molecular complexity index is 606. The number of hydrogen-bond donors (Lipinski definition) is 2. The van der Waals surface area contributed by atoms with E-state index in [4.69, 9.17) is 5.73 Å². The van der Waals surface area contributed by atoms with Gasteiger partial charge < -0.3 is 11.1 Å². The predicted octanol–water partition coefficient (Wildman–Crippen LogP) is 3.56. The summed E-state index contributed by atoms with van der Waals surface area (Å²) in [5.74, 6) is -2.31. The largest absolute Gasteiger partial charge is 0.399 e. The van der Waals surface area contributed by atoms with Gasteiger partial charge in [-0.05, 0) is 36.4 Å². The first-order valence-electron chi connectivity index (χ1n) is 5.29. The molecule has 0 radical (unpaired) electrons. The van der Waals surface area contributed by atoms with Crippen molar-refractivity contribution in [1.29, 1.82) is 0 Å². The summed E-state index contributed by atoms with van der Waals surface area (Å²) in [4.78, 5) is 11.8. The number of anilines is 2. The normalized spacial score (nSPS) is 10.3. The molecule has 0 aliphatic carbocycles. The fraction of sp³-hybridized carbons (Fsp3) is 0. The minimum absolute atomic E-state index is 0.257. The van der Waals surface area contributed by atoms with Gasteiger partial charge in [0.2, 0.25) is 0 Å². The van der Waals surface area contributed by atoms with Crippen LogP contribution in [0.3, 0.4) is 0 Å². The van der Waals surface area contributed by atoms with Crippen LogP contribution < -0.4 is 11.1 Å². The van der Waals surface area contributed by atoms with Crippen LogP contribution in [0.2, 0.25) is 0 Å². The maximum atomic E-state index is 13.5. The van der Waals surface area contributed by atoms with Gasteiger partial charge in [-0.15, -0.1) is 0 Å². The summed E-state index contributed by atoms with van der Waals surface area (Å²) in [5.41, 5.74) is 5.76. The number of nitrogens with two attached hydrogens (primary N) is 1. The summed E-state index contributed by atoms with van der Waals surface area (Å²) in [7, 11) is 0. The summed E-state index contributed by atoms with van der Waals surface area (Å²) < 4.78 is 27.4. The van der Waals surface area contributed by atoms with Crippen LogP contribution >= 0.6 is 15.9 Å². The van der Waals surface area contributed by atoms with E-state index in [0.717, 1.165) is 12.1 Å². The van der Waals surface area contributed by atoms with Gasteiger partial charge in [0.15, 0.2) is 11.6 Å². The van der Waals surface area contributed by atoms with E-state index in [0.29, 0.717) is 5.69 Å². The van der Waals surface area contributed by atoms with E-state index in [1.165, 1.54) is 24.3 Å². The van der Waals surface area contributed by atoms with Crippen molar-refractivity contribution in [3.8, 4) is 0 Å². The van der Waals surface area contributed by atoms with Gasteiger partial charge in [0.25, 0.3) is 5.91 Å². The molecule has 98 valence electrons. The molecule has 2 aromatic carbocycles. The Hall–Kier alpha value is -1.95. The molecule has 0 bridgehead atoms. The van der Waals surface area contributed by atoms with Crippen LogP contribution in [0.25, 0.3) is 0 Å². The Kier molecular flexibility index (Phi) is 3.80. The number of carbonyl (C=O) groups is 1. The lowest BCUT2D eigenvalue weighted by molar-refractivity contribution is 0.102. The highest BCUT2D eigenvalue weighted by atomic mass is 79.9. The number of halogens is 3. The smallest absolute Gasteiger partial charge is 0.255 e. The topological polar surface area (TPSA) is 55.1 Å². The summed E-state index contributed by atoms with van der Waals surface area (Å²) in [6.07, 6.45) is 0. The third kappa shape index (κ3) is 3.08. The van der Waals surface area contributed by atoms with Crippen LogP contribution in [0.5, 0.6) is 0 Å². The molecule has 0 aromatic heterocycles. The third-order valence-electron chi connectivity index (χ3n) is 2.42. The monoisotopic (exact) mass is 326 g/mol. The lowest BCUT2D eigenvalue weighted by Crippen LogP contribution is -2.14. The molecule has 0 saturated carbocycles. The van der Waals surface area contributed by atoms with Crippen LogP contribution in [0.4, 0.5) is 20.2 Å². The van der Waals surface area contributed by atoms with Gasteiger partial charge in [-0.3, -0.25) is 4.79 Å². The molecule has 3 N–H and O–H groups in total. The lowest BCUT2D eigenvalue weighted by Gasteiger charge is -2.08. The Morgan fingerprint density at radius 3 is 2.16 bits per heavy atom. The number of nitrogens with one attached hydrogen (secondary N) is 1. The predicted molar refractivity (Wildman–Crippen MR) is 72.9 cm³/mol. The zero-order valence-electron chi connectivity index (χ0n) is 9.58. The Balaban J connectivity index is 2.26. The van der Waals surface area contributed by atoms with Gasteiger partial charge in [-0.25, -0.2) is 8.78 Å². The van der Waals surface area contributed by atoms with Crippen LogP contribution in [0.15, 0.2) is 40.9 Å². The molecule has 2 rings (SSSR count). The molecule has 0 saturated heterocycles. The quantitative estimate of drug-likeness (QED) is 0.829. The summed E-state index contributed by atoms with van der Waals surface area (Å²) in [6, 6.07) is 8.15. The maximum absolute atomic E-state index is 13.5. The van der Waals surface area contributed by atoms with E-state index in [-0.39, 0.29) is 10.0 Å². The van der Waals surface area contributed by atoms with Crippen molar-refractivity contribution in [3.63, 3.8) is 0 Å². The minimum atomic E-state index is -0.851. The van der Waals surface area contributed by atoms with Crippen LogP contribution in [-0.4, -0.2) is 5.91 Å². The molecule has 0 spiro atoms. The summed E-state index contributed by atoms with van der Waals surface area (Å²) >= 11 is 2.96. The van der Waals surface area contributed by atoms with Gasteiger partial charge >= 0.3 is 0 Å². The number of carbonyl (C=O) groups excluding carboxylic acids is 1. The van der Waals surface area contributed by atoms with Crippen LogP contribution in [-0.2, 0) is 0 Å². The number of rotatable bonds is 2. The van der Waals surface area contributed by atoms with Crippen molar-refractivity contribution in [2.24, 2.45) is 0 Å². The zero-order chi connectivity index (χ0) is 14.0. The first-order valence-corrected chi connectivity index (χ1v) is 6.08. The standard InChI is InChI=1S/C13H9BrF2N2O/c14-8-5-10(15)12(11(16)6-8)18-13(19)7-1-3-9(17)4-2-7/h1-6H,17H2,(H,18,19). The molecule has 19 heavy (non-hydrogen) atoms. The molecule has 0 aliphatic heterocycles. The van der Waals surface area contributed by atoms with Crippen molar-refractivity contribution in [1.82, 2.24) is 0 Å². The maximum Gasteiger partial charge on any atom is 0.255 e. The van der Waals surface area contributed by atoms with Crippen molar-refractivity contribution in [3.05, 3.63) is 58.1 Å². The highest BCUT2D eigenvalue weighted by molar-refractivity contribution is 9.10.